The summed E-state index contributed by atoms with van der Waals surface area (Å²) in [6.07, 6.45) is -3.32. The molecule has 0 aliphatic heterocycles. The minimum absolute atomic E-state index is 0.0843. The van der Waals surface area contributed by atoms with Crippen LogP contribution >= 0.6 is 0 Å². The van der Waals surface area contributed by atoms with E-state index >= 15 is 0 Å². The summed E-state index contributed by atoms with van der Waals surface area (Å²) < 4.78 is 59.3. The third-order valence-electron chi connectivity index (χ3n) is 2.35. The molecule has 0 radical (unpaired) electrons. The minimum Gasteiger partial charge on any atom is -0.384 e. The first-order chi connectivity index (χ1) is 8.09. The molecule has 102 valence electrons. The standard InChI is InChI=1S/C11H14F3NO2S/c1-8-3-4-9(11(12,13)14)7-10(8)15-5-6-18(2,16)17/h3-4,7,15H,5-6H2,1-2H3. The second kappa shape index (κ2) is 5.17. The summed E-state index contributed by atoms with van der Waals surface area (Å²) in [4.78, 5) is 0. The molecule has 0 aliphatic carbocycles. The van der Waals surface area contributed by atoms with Gasteiger partial charge in [0.05, 0.1) is 11.3 Å². The van der Waals surface area contributed by atoms with Crippen molar-refractivity contribution < 1.29 is 21.6 Å². The van der Waals surface area contributed by atoms with Gasteiger partial charge in [0.1, 0.15) is 9.84 Å². The number of benzene rings is 1. The summed E-state index contributed by atoms with van der Waals surface area (Å²) in [6, 6.07) is 3.33. The molecule has 0 saturated heterocycles. The second-order valence-corrected chi connectivity index (χ2v) is 6.34. The Hall–Kier alpha value is -1.24. The highest BCUT2D eigenvalue weighted by molar-refractivity contribution is 7.90. The Kier molecular flexibility index (Phi) is 4.26. The predicted molar refractivity (Wildman–Crippen MR) is 64.4 cm³/mol. The van der Waals surface area contributed by atoms with Crippen LogP contribution in [0, 0.1) is 6.92 Å². The van der Waals surface area contributed by atoms with Crippen molar-refractivity contribution in [2.24, 2.45) is 0 Å². The van der Waals surface area contributed by atoms with Gasteiger partial charge in [0.25, 0.3) is 0 Å². The molecule has 0 aromatic heterocycles. The molecule has 1 rings (SSSR count). The maximum Gasteiger partial charge on any atom is 0.416 e. The predicted octanol–water partition coefficient (Wildman–Crippen LogP) is 2.47. The summed E-state index contributed by atoms with van der Waals surface area (Å²) in [5.41, 5.74) is 0.180. The zero-order valence-electron chi connectivity index (χ0n) is 10.0. The fourth-order valence-corrected chi connectivity index (χ4v) is 1.83. The second-order valence-electron chi connectivity index (χ2n) is 4.08. The van der Waals surface area contributed by atoms with E-state index < -0.39 is 21.6 Å². The summed E-state index contributed by atoms with van der Waals surface area (Å²) in [5, 5.41) is 2.70. The highest BCUT2D eigenvalue weighted by Crippen LogP contribution is 2.31. The molecule has 0 heterocycles. The maximum atomic E-state index is 12.5. The van der Waals surface area contributed by atoms with Crippen molar-refractivity contribution in [1.29, 1.82) is 0 Å². The van der Waals surface area contributed by atoms with Gasteiger partial charge in [0, 0.05) is 18.5 Å². The van der Waals surface area contributed by atoms with Crippen molar-refractivity contribution in [3.05, 3.63) is 29.3 Å². The minimum atomic E-state index is -4.40. The van der Waals surface area contributed by atoms with E-state index in [1.165, 1.54) is 6.07 Å². The summed E-state index contributed by atoms with van der Waals surface area (Å²) >= 11 is 0. The highest BCUT2D eigenvalue weighted by atomic mass is 32.2. The van der Waals surface area contributed by atoms with Gasteiger partial charge in [-0.2, -0.15) is 13.2 Å². The number of hydrogen-bond acceptors (Lipinski definition) is 3. The lowest BCUT2D eigenvalue weighted by atomic mass is 10.1. The Bertz CT molecular complexity index is 524. The Morgan fingerprint density at radius 1 is 1.28 bits per heavy atom. The van der Waals surface area contributed by atoms with Gasteiger partial charge in [0.15, 0.2) is 0 Å². The molecule has 0 amide bonds. The fourth-order valence-electron chi connectivity index (χ4n) is 1.36. The van der Waals surface area contributed by atoms with Crippen LogP contribution in [0.4, 0.5) is 18.9 Å². The third kappa shape index (κ3) is 4.56. The lowest BCUT2D eigenvalue weighted by Crippen LogP contribution is -2.15. The van der Waals surface area contributed by atoms with Crippen molar-refractivity contribution in [2.75, 3.05) is 23.9 Å². The first-order valence-electron chi connectivity index (χ1n) is 5.19. The molecule has 0 atom stereocenters. The summed E-state index contributed by atoms with van der Waals surface area (Å²) in [7, 11) is -3.13. The Balaban J connectivity index is 2.82. The zero-order valence-corrected chi connectivity index (χ0v) is 10.8. The average molecular weight is 281 g/mol. The number of halogens is 3. The SMILES string of the molecule is Cc1ccc(C(F)(F)F)cc1NCCS(C)(=O)=O. The zero-order chi connectivity index (χ0) is 14.0. The van der Waals surface area contributed by atoms with Crippen molar-refractivity contribution in [2.45, 2.75) is 13.1 Å². The van der Waals surface area contributed by atoms with Gasteiger partial charge in [-0.15, -0.1) is 0 Å². The fraction of sp³-hybridized carbons (Fsp3) is 0.455. The monoisotopic (exact) mass is 281 g/mol. The number of hydrogen-bond donors (Lipinski definition) is 1. The van der Waals surface area contributed by atoms with Gasteiger partial charge in [-0.3, -0.25) is 0 Å². The van der Waals surface area contributed by atoms with E-state index in [1.54, 1.807) is 6.92 Å². The van der Waals surface area contributed by atoms with Gasteiger partial charge in [-0.1, -0.05) is 6.07 Å². The van der Waals surface area contributed by atoms with E-state index in [4.69, 9.17) is 0 Å². The van der Waals surface area contributed by atoms with Crippen LogP contribution in [0.5, 0.6) is 0 Å². The van der Waals surface area contributed by atoms with Crippen LogP contribution in [-0.2, 0) is 16.0 Å². The smallest absolute Gasteiger partial charge is 0.384 e. The highest BCUT2D eigenvalue weighted by Gasteiger charge is 2.30. The van der Waals surface area contributed by atoms with Crippen molar-refractivity contribution >= 4 is 15.5 Å². The van der Waals surface area contributed by atoms with Gasteiger partial charge < -0.3 is 5.32 Å². The molecule has 0 spiro atoms. The number of aryl methyl sites for hydroxylation is 1. The third-order valence-corrected chi connectivity index (χ3v) is 3.30. The van der Waals surface area contributed by atoms with Crippen LogP contribution in [0.2, 0.25) is 0 Å². The van der Waals surface area contributed by atoms with Crippen molar-refractivity contribution in [1.82, 2.24) is 0 Å². The lowest BCUT2D eigenvalue weighted by molar-refractivity contribution is -0.137. The first-order valence-corrected chi connectivity index (χ1v) is 7.25. The van der Waals surface area contributed by atoms with E-state index in [1.807, 2.05) is 0 Å². The molecule has 0 saturated carbocycles. The molecule has 0 bridgehead atoms. The Morgan fingerprint density at radius 2 is 1.89 bits per heavy atom. The number of alkyl halides is 3. The molecule has 1 aromatic rings. The molecular weight excluding hydrogens is 267 g/mol. The van der Waals surface area contributed by atoms with E-state index in [-0.39, 0.29) is 12.3 Å². The van der Waals surface area contributed by atoms with Crippen LogP contribution in [0.3, 0.4) is 0 Å². The van der Waals surface area contributed by atoms with Gasteiger partial charge in [-0.25, -0.2) is 8.42 Å². The largest absolute Gasteiger partial charge is 0.416 e. The van der Waals surface area contributed by atoms with E-state index in [0.717, 1.165) is 18.4 Å². The topological polar surface area (TPSA) is 46.2 Å². The van der Waals surface area contributed by atoms with Crippen LogP contribution < -0.4 is 5.32 Å². The quantitative estimate of drug-likeness (QED) is 0.922. The molecule has 0 fully saturated rings. The van der Waals surface area contributed by atoms with Gasteiger partial charge >= 0.3 is 6.18 Å². The molecule has 1 N–H and O–H groups in total. The average Bonchev–Trinajstić information content (AvgIpc) is 2.17. The number of anilines is 1. The number of nitrogens with one attached hydrogen (secondary N) is 1. The Labute approximate surface area is 104 Å². The van der Waals surface area contributed by atoms with Crippen molar-refractivity contribution in [3.8, 4) is 0 Å². The molecule has 0 unspecified atom stereocenters. The Morgan fingerprint density at radius 3 is 2.39 bits per heavy atom. The molecule has 0 aliphatic rings. The van der Waals surface area contributed by atoms with E-state index in [0.29, 0.717) is 11.3 Å². The number of sulfone groups is 1. The molecular formula is C11H14F3NO2S. The van der Waals surface area contributed by atoms with Crippen LogP contribution in [-0.4, -0.2) is 27.0 Å². The van der Waals surface area contributed by atoms with Crippen LogP contribution in [0.25, 0.3) is 0 Å². The molecule has 18 heavy (non-hydrogen) atoms. The normalized spacial score (nSPS) is 12.5. The van der Waals surface area contributed by atoms with Gasteiger partial charge in [-0.05, 0) is 24.6 Å². The molecule has 7 heteroatoms. The summed E-state index contributed by atoms with van der Waals surface area (Å²) in [5.74, 6) is -0.122. The van der Waals surface area contributed by atoms with Crippen LogP contribution in [0.1, 0.15) is 11.1 Å². The van der Waals surface area contributed by atoms with Crippen LogP contribution in [0.15, 0.2) is 18.2 Å². The van der Waals surface area contributed by atoms with E-state index in [2.05, 4.69) is 5.32 Å². The maximum absolute atomic E-state index is 12.5. The summed E-state index contributed by atoms with van der Waals surface area (Å²) in [6.45, 7) is 1.74. The van der Waals surface area contributed by atoms with E-state index in [9.17, 15) is 21.6 Å². The van der Waals surface area contributed by atoms with Crippen molar-refractivity contribution in [3.63, 3.8) is 0 Å². The van der Waals surface area contributed by atoms with Gasteiger partial charge in [0.2, 0.25) is 0 Å². The lowest BCUT2D eigenvalue weighted by Gasteiger charge is -2.13. The molecule has 1 aromatic carbocycles. The first kappa shape index (κ1) is 14.8. The number of rotatable bonds is 4. The molecule has 3 nitrogen and oxygen atoms in total.